The van der Waals surface area contributed by atoms with Crippen LogP contribution in [0.4, 0.5) is 4.39 Å². The topological polar surface area (TPSA) is 44.1 Å². The molecule has 1 heterocycles. The van der Waals surface area contributed by atoms with Gasteiger partial charge in [-0.3, -0.25) is 0 Å². The SMILES string of the molecule is CCOC(=O)c1cnn(-c2ccccc2F)c1CCl. The van der Waals surface area contributed by atoms with Crippen LogP contribution in [-0.2, 0) is 10.6 Å². The second-order valence-electron chi connectivity index (χ2n) is 3.72. The number of aromatic nitrogens is 2. The summed E-state index contributed by atoms with van der Waals surface area (Å²) in [6.07, 6.45) is 1.34. The van der Waals surface area contributed by atoms with E-state index in [2.05, 4.69) is 5.10 Å². The summed E-state index contributed by atoms with van der Waals surface area (Å²) < 4.78 is 19.9. The Hall–Kier alpha value is -1.88. The van der Waals surface area contributed by atoms with Crippen molar-refractivity contribution in [3.63, 3.8) is 0 Å². The molecule has 0 radical (unpaired) electrons. The van der Waals surface area contributed by atoms with Crippen LogP contribution in [0.15, 0.2) is 30.5 Å². The van der Waals surface area contributed by atoms with E-state index >= 15 is 0 Å². The third-order valence-electron chi connectivity index (χ3n) is 2.57. The van der Waals surface area contributed by atoms with Gasteiger partial charge in [0.1, 0.15) is 17.1 Å². The second-order valence-corrected chi connectivity index (χ2v) is 3.99. The average Bonchev–Trinajstić information content (AvgIpc) is 2.83. The molecular formula is C13H12ClFN2O2. The van der Waals surface area contributed by atoms with Gasteiger partial charge in [0.2, 0.25) is 0 Å². The van der Waals surface area contributed by atoms with Crippen molar-refractivity contribution in [2.75, 3.05) is 6.61 Å². The van der Waals surface area contributed by atoms with Crippen LogP contribution >= 0.6 is 11.6 Å². The third kappa shape index (κ3) is 2.61. The van der Waals surface area contributed by atoms with Crippen LogP contribution in [0, 0.1) is 5.82 Å². The van der Waals surface area contributed by atoms with E-state index < -0.39 is 11.8 Å². The monoisotopic (exact) mass is 282 g/mol. The minimum Gasteiger partial charge on any atom is -0.462 e. The molecule has 0 aliphatic rings. The second kappa shape index (κ2) is 5.84. The van der Waals surface area contributed by atoms with E-state index in [1.165, 1.54) is 16.9 Å². The van der Waals surface area contributed by atoms with E-state index in [0.29, 0.717) is 5.69 Å². The van der Waals surface area contributed by atoms with Gasteiger partial charge in [0.05, 0.1) is 24.4 Å². The maximum atomic E-state index is 13.7. The third-order valence-corrected chi connectivity index (χ3v) is 2.82. The maximum Gasteiger partial charge on any atom is 0.341 e. The molecule has 0 amide bonds. The summed E-state index contributed by atoms with van der Waals surface area (Å²) in [7, 11) is 0. The zero-order valence-electron chi connectivity index (χ0n) is 10.3. The van der Waals surface area contributed by atoms with Crippen LogP contribution in [0.1, 0.15) is 23.0 Å². The molecule has 0 unspecified atom stereocenters. The molecule has 0 bridgehead atoms. The lowest BCUT2D eigenvalue weighted by Gasteiger charge is -2.07. The molecule has 0 saturated heterocycles. The number of nitrogens with zero attached hydrogens (tertiary/aromatic N) is 2. The summed E-state index contributed by atoms with van der Waals surface area (Å²) in [5.41, 5.74) is 0.902. The molecule has 100 valence electrons. The Morgan fingerprint density at radius 3 is 2.84 bits per heavy atom. The van der Waals surface area contributed by atoms with Gasteiger partial charge in [0, 0.05) is 0 Å². The summed E-state index contributed by atoms with van der Waals surface area (Å²) in [4.78, 5) is 11.7. The number of halogens is 2. The molecule has 0 atom stereocenters. The number of esters is 1. The van der Waals surface area contributed by atoms with Crippen molar-refractivity contribution < 1.29 is 13.9 Å². The first-order chi connectivity index (χ1) is 9.19. The molecule has 19 heavy (non-hydrogen) atoms. The van der Waals surface area contributed by atoms with Crippen molar-refractivity contribution in [2.24, 2.45) is 0 Å². The largest absolute Gasteiger partial charge is 0.462 e. The van der Waals surface area contributed by atoms with E-state index in [1.54, 1.807) is 25.1 Å². The van der Waals surface area contributed by atoms with Crippen molar-refractivity contribution in [2.45, 2.75) is 12.8 Å². The minimum atomic E-state index is -0.513. The van der Waals surface area contributed by atoms with Crippen molar-refractivity contribution in [3.05, 3.63) is 47.5 Å². The lowest BCUT2D eigenvalue weighted by molar-refractivity contribution is 0.0525. The number of ether oxygens (including phenoxy) is 1. The van der Waals surface area contributed by atoms with Crippen molar-refractivity contribution in [1.82, 2.24) is 9.78 Å². The normalized spacial score (nSPS) is 10.5. The average molecular weight is 283 g/mol. The fourth-order valence-electron chi connectivity index (χ4n) is 1.71. The van der Waals surface area contributed by atoms with Gasteiger partial charge in [-0.15, -0.1) is 11.6 Å². The van der Waals surface area contributed by atoms with Crippen LogP contribution < -0.4 is 0 Å². The molecule has 2 aromatic rings. The van der Waals surface area contributed by atoms with Gasteiger partial charge in [0.15, 0.2) is 0 Å². The van der Waals surface area contributed by atoms with Gasteiger partial charge in [-0.25, -0.2) is 13.9 Å². The number of carbonyl (C=O) groups is 1. The zero-order valence-corrected chi connectivity index (χ0v) is 11.0. The van der Waals surface area contributed by atoms with Gasteiger partial charge in [0.25, 0.3) is 0 Å². The minimum absolute atomic E-state index is 0.0302. The maximum absolute atomic E-state index is 13.7. The van der Waals surface area contributed by atoms with E-state index in [0.717, 1.165) is 0 Å². The van der Waals surface area contributed by atoms with Crippen LogP contribution in [0.3, 0.4) is 0 Å². The molecule has 0 fully saturated rings. The van der Waals surface area contributed by atoms with Gasteiger partial charge in [-0.05, 0) is 19.1 Å². The smallest absolute Gasteiger partial charge is 0.341 e. The quantitative estimate of drug-likeness (QED) is 0.640. The Morgan fingerprint density at radius 1 is 1.47 bits per heavy atom. The fraction of sp³-hybridized carbons (Fsp3) is 0.231. The molecule has 0 aliphatic carbocycles. The Kier molecular flexibility index (Phi) is 4.16. The van der Waals surface area contributed by atoms with Crippen LogP contribution in [-0.4, -0.2) is 22.4 Å². The standard InChI is InChI=1S/C13H12ClFN2O2/c1-2-19-13(18)9-8-16-17(12(9)7-14)11-6-4-3-5-10(11)15/h3-6,8H,2,7H2,1H3. The number of para-hydroxylation sites is 1. The molecule has 0 saturated carbocycles. The fourth-order valence-corrected chi connectivity index (χ4v) is 1.97. The highest BCUT2D eigenvalue weighted by molar-refractivity contribution is 6.17. The van der Waals surface area contributed by atoms with E-state index in [4.69, 9.17) is 16.3 Å². The number of carbonyl (C=O) groups excluding carboxylic acids is 1. The number of rotatable bonds is 4. The van der Waals surface area contributed by atoms with Crippen molar-refractivity contribution in [1.29, 1.82) is 0 Å². The molecule has 1 aromatic heterocycles. The van der Waals surface area contributed by atoms with Crippen LogP contribution in [0.25, 0.3) is 5.69 Å². The molecule has 0 aliphatic heterocycles. The number of alkyl halides is 1. The zero-order chi connectivity index (χ0) is 13.8. The van der Waals surface area contributed by atoms with Crippen LogP contribution in [0.5, 0.6) is 0 Å². The lowest BCUT2D eigenvalue weighted by Crippen LogP contribution is -2.09. The predicted molar refractivity (Wildman–Crippen MR) is 69.0 cm³/mol. The highest BCUT2D eigenvalue weighted by Gasteiger charge is 2.19. The van der Waals surface area contributed by atoms with E-state index in [1.807, 2.05) is 0 Å². The molecular weight excluding hydrogens is 271 g/mol. The Morgan fingerprint density at radius 2 is 2.21 bits per heavy atom. The summed E-state index contributed by atoms with van der Waals surface area (Å²) in [6.45, 7) is 1.96. The van der Waals surface area contributed by atoms with E-state index in [9.17, 15) is 9.18 Å². The van der Waals surface area contributed by atoms with Crippen LogP contribution in [0.2, 0.25) is 0 Å². The first-order valence-corrected chi connectivity index (χ1v) is 6.27. The summed E-state index contributed by atoms with van der Waals surface area (Å²) in [5, 5.41) is 4.01. The Balaban J connectivity index is 2.49. The number of benzene rings is 1. The summed E-state index contributed by atoms with van der Waals surface area (Å²) >= 11 is 5.83. The van der Waals surface area contributed by atoms with Gasteiger partial charge in [-0.2, -0.15) is 5.10 Å². The molecule has 0 spiro atoms. The Bertz CT molecular complexity index is 598. The van der Waals surface area contributed by atoms with Gasteiger partial charge in [-0.1, -0.05) is 12.1 Å². The van der Waals surface area contributed by atoms with Crippen molar-refractivity contribution >= 4 is 17.6 Å². The lowest BCUT2D eigenvalue weighted by atomic mass is 10.2. The van der Waals surface area contributed by atoms with Crippen molar-refractivity contribution in [3.8, 4) is 5.69 Å². The van der Waals surface area contributed by atoms with Gasteiger partial charge >= 0.3 is 5.97 Å². The molecule has 4 nitrogen and oxygen atoms in total. The number of hydrogen-bond acceptors (Lipinski definition) is 3. The molecule has 0 N–H and O–H groups in total. The molecule has 2 rings (SSSR count). The summed E-state index contributed by atoms with van der Waals surface area (Å²) in [5.74, 6) is -0.921. The number of hydrogen-bond donors (Lipinski definition) is 0. The first-order valence-electron chi connectivity index (χ1n) is 5.74. The van der Waals surface area contributed by atoms with Gasteiger partial charge < -0.3 is 4.74 Å². The highest BCUT2D eigenvalue weighted by atomic mass is 35.5. The molecule has 6 heteroatoms. The first kappa shape index (κ1) is 13.5. The molecule has 1 aromatic carbocycles. The highest BCUT2D eigenvalue weighted by Crippen LogP contribution is 2.20. The summed E-state index contributed by atoms with van der Waals surface area (Å²) in [6, 6.07) is 6.14. The van der Waals surface area contributed by atoms with E-state index in [-0.39, 0.29) is 23.7 Å². The Labute approximate surface area is 114 Å². The predicted octanol–water partition coefficient (Wildman–Crippen LogP) is 2.93.